The van der Waals surface area contributed by atoms with Crippen molar-refractivity contribution in [3.05, 3.63) is 50.6 Å². The second-order valence-corrected chi connectivity index (χ2v) is 8.77. The van der Waals surface area contributed by atoms with Crippen LogP contribution in [0.5, 0.6) is 0 Å². The summed E-state index contributed by atoms with van der Waals surface area (Å²) in [6.07, 6.45) is 6.25. The first-order valence-electron chi connectivity index (χ1n) is 8.00. The zero-order chi connectivity index (χ0) is 17.4. The Bertz CT molecular complexity index is 971. The largest absolute Gasteiger partial charge is 0.293 e. The van der Waals surface area contributed by atoms with Crippen molar-refractivity contribution >= 4 is 62.3 Å². The third-order valence-corrected chi connectivity index (χ3v) is 7.23. The minimum absolute atomic E-state index is 0.0134. The van der Waals surface area contributed by atoms with E-state index in [1.807, 2.05) is 0 Å². The summed E-state index contributed by atoms with van der Waals surface area (Å²) in [6.45, 7) is 0. The molecule has 2 aromatic heterocycles. The van der Waals surface area contributed by atoms with Crippen LogP contribution in [0.4, 0.5) is 0 Å². The van der Waals surface area contributed by atoms with Crippen molar-refractivity contribution < 1.29 is 4.79 Å². The van der Waals surface area contributed by atoms with Gasteiger partial charge < -0.3 is 0 Å². The molecule has 7 heteroatoms. The van der Waals surface area contributed by atoms with E-state index >= 15 is 0 Å². The first kappa shape index (κ1) is 17.3. The predicted molar refractivity (Wildman–Crippen MR) is 106 cm³/mol. The van der Waals surface area contributed by atoms with E-state index in [0.29, 0.717) is 21.4 Å². The van der Waals surface area contributed by atoms with E-state index < -0.39 is 0 Å². The molecule has 0 atom stereocenters. The topological polar surface area (TPSA) is 42.9 Å². The smallest absolute Gasteiger partial charge is 0.173 e. The maximum Gasteiger partial charge on any atom is 0.173 e. The summed E-state index contributed by atoms with van der Waals surface area (Å²) in [7, 11) is 0. The van der Waals surface area contributed by atoms with Crippen LogP contribution in [0.15, 0.2) is 29.6 Å². The van der Waals surface area contributed by atoms with Gasteiger partial charge in [0.05, 0.1) is 15.8 Å². The Morgan fingerprint density at radius 2 is 2.00 bits per heavy atom. The van der Waals surface area contributed by atoms with Crippen molar-refractivity contribution in [1.82, 2.24) is 9.97 Å². The average molecular weight is 409 g/mol. The highest BCUT2D eigenvalue weighted by Crippen LogP contribution is 2.39. The number of thiophene rings is 1. The summed E-state index contributed by atoms with van der Waals surface area (Å²) >= 11 is 15.2. The molecule has 0 saturated heterocycles. The fourth-order valence-electron chi connectivity index (χ4n) is 3.06. The molecule has 0 unspecified atom stereocenters. The van der Waals surface area contributed by atoms with Gasteiger partial charge in [-0.05, 0) is 49.4 Å². The fourth-order valence-corrected chi connectivity index (χ4v) is 5.57. The van der Waals surface area contributed by atoms with E-state index in [1.54, 1.807) is 35.9 Å². The number of halogens is 2. The first-order valence-corrected chi connectivity index (χ1v) is 10.6. The highest BCUT2D eigenvalue weighted by Gasteiger charge is 2.20. The van der Waals surface area contributed by atoms with Gasteiger partial charge in [0, 0.05) is 15.8 Å². The summed E-state index contributed by atoms with van der Waals surface area (Å²) in [6, 6.07) is 4.98. The molecule has 0 amide bonds. The molecular formula is C18H14Cl2N2OS2. The number of carbonyl (C=O) groups excluding carboxylic acids is 1. The van der Waals surface area contributed by atoms with Gasteiger partial charge >= 0.3 is 0 Å². The summed E-state index contributed by atoms with van der Waals surface area (Å²) in [5.74, 6) is 0.328. The van der Waals surface area contributed by atoms with E-state index in [0.717, 1.165) is 28.1 Å². The zero-order valence-electron chi connectivity index (χ0n) is 13.2. The van der Waals surface area contributed by atoms with Crippen molar-refractivity contribution in [2.24, 2.45) is 0 Å². The molecular weight excluding hydrogens is 395 g/mol. The lowest BCUT2D eigenvalue weighted by Crippen LogP contribution is -2.03. The van der Waals surface area contributed by atoms with Gasteiger partial charge in [-0.1, -0.05) is 35.0 Å². The Morgan fingerprint density at radius 3 is 2.84 bits per heavy atom. The molecule has 0 saturated carbocycles. The summed E-state index contributed by atoms with van der Waals surface area (Å²) in [5, 5.41) is 2.90. The maximum atomic E-state index is 12.5. The molecule has 1 aliphatic rings. The minimum Gasteiger partial charge on any atom is -0.293 e. The standard InChI is InChI=1S/C18H14Cl2N2OS2/c19-12-6-5-10(7-13(12)20)14(23)8-24-17-16-11-3-1-2-4-15(11)25-18(16)22-9-21-17/h5-7,9H,1-4,8H2. The molecule has 0 bridgehead atoms. The molecule has 3 nitrogen and oxygen atoms in total. The molecule has 0 N–H and O–H groups in total. The van der Waals surface area contributed by atoms with Crippen LogP contribution in [0.25, 0.3) is 10.2 Å². The number of Topliss-reactive ketones (excluding diaryl/α,β-unsaturated/α-hetero) is 1. The first-order chi connectivity index (χ1) is 12.1. The molecule has 25 heavy (non-hydrogen) atoms. The Hall–Kier alpha value is -1.14. The molecule has 3 aromatic rings. The molecule has 1 aromatic carbocycles. The van der Waals surface area contributed by atoms with E-state index in [1.165, 1.54) is 35.0 Å². The minimum atomic E-state index is 0.0134. The monoisotopic (exact) mass is 408 g/mol. The fraction of sp³-hybridized carbons (Fsp3) is 0.278. The van der Waals surface area contributed by atoms with Gasteiger partial charge in [-0.2, -0.15) is 0 Å². The molecule has 0 radical (unpaired) electrons. The van der Waals surface area contributed by atoms with Gasteiger partial charge in [-0.15, -0.1) is 11.3 Å². The van der Waals surface area contributed by atoms with Gasteiger partial charge in [-0.3, -0.25) is 4.79 Å². The molecule has 0 spiro atoms. The molecule has 0 fully saturated rings. The number of aryl methyl sites for hydroxylation is 2. The quantitative estimate of drug-likeness (QED) is 0.308. The number of aromatic nitrogens is 2. The number of thioether (sulfide) groups is 1. The third kappa shape index (κ3) is 3.43. The van der Waals surface area contributed by atoms with Crippen molar-refractivity contribution in [3.63, 3.8) is 0 Å². The number of nitrogens with zero attached hydrogens (tertiary/aromatic N) is 2. The van der Waals surface area contributed by atoms with Crippen LogP contribution in [-0.2, 0) is 12.8 Å². The lowest BCUT2D eigenvalue weighted by molar-refractivity contribution is 0.102. The number of hydrogen-bond donors (Lipinski definition) is 0. The third-order valence-electron chi connectivity index (χ3n) is 4.30. The van der Waals surface area contributed by atoms with Gasteiger partial charge in [0.25, 0.3) is 0 Å². The molecule has 0 aliphatic heterocycles. The lowest BCUT2D eigenvalue weighted by atomic mass is 9.97. The summed E-state index contributed by atoms with van der Waals surface area (Å²) in [5.41, 5.74) is 1.95. The Morgan fingerprint density at radius 1 is 1.16 bits per heavy atom. The van der Waals surface area contributed by atoms with Crippen LogP contribution in [-0.4, -0.2) is 21.5 Å². The normalized spacial score (nSPS) is 13.8. The summed E-state index contributed by atoms with van der Waals surface area (Å²) in [4.78, 5) is 23.8. The van der Waals surface area contributed by atoms with E-state index in [-0.39, 0.29) is 5.78 Å². The second kappa shape index (κ2) is 7.23. The van der Waals surface area contributed by atoms with E-state index in [9.17, 15) is 4.79 Å². The molecule has 2 heterocycles. The number of benzene rings is 1. The number of ketones is 1. The van der Waals surface area contributed by atoms with Crippen LogP contribution in [0.3, 0.4) is 0 Å². The van der Waals surface area contributed by atoms with Crippen molar-refractivity contribution in [1.29, 1.82) is 0 Å². The summed E-state index contributed by atoms with van der Waals surface area (Å²) < 4.78 is 0. The lowest BCUT2D eigenvalue weighted by Gasteiger charge is -2.11. The van der Waals surface area contributed by atoms with Crippen LogP contribution < -0.4 is 0 Å². The SMILES string of the molecule is O=C(CSc1ncnc2sc3c(c12)CCCC3)c1ccc(Cl)c(Cl)c1. The highest BCUT2D eigenvalue weighted by molar-refractivity contribution is 8.00. The second-order valence-electron chi connectivity index (χ2n) is 5.91. The van der Waals surface area contributed by atoms with Gasteiger partial charge in [0.15, 0.2) is 5.78 Å². The number of carbonyl (C=O) groups is 1. The van der Waals surface area contributed by atoms with Crippen molar-refractivity contribution in [3.8, 4) is 0 Å². The van der Waals surface area contributed by atoms with Gasteiger partial charge in [0.1, 0.15) is 16.2 Å². The van der Waals surface area contributed by atoms with Gasteiger partial charge in [0.2, 0.25) is 0 Å². The average Bonchev–Trinajstić information content (AvgIpc) is 3.01. The zero-order valence-corrected chi connectivity index (χ0v) is 16.4. The van der Waals surface area contributed by atoms with Crippen molar-refractivity contribution in [2.75, 3.05) is 5.75 Å². The number of hydrogen-bond acceptors (Lipinski definition) is 5. The van der Waals surface area contributed by atoms with Crippen LogP contribution in [0.1, 0.15) is 33.6 Å². The molecule has 1 aliphatic carbocycles. The van der Waals surface area contributed by atoms with Crippen LogP contribution >= 0.6 is 46.3 Å². The van der Waals surface area contributed by atoms with E-state index in [2.05, 4.69) is 9.97 Å². The van der Waals surface area contributed by atoms with E-state index in [4.69, 9.17) is 23.2 Å². The van der Waals surface area contributed by atoms with Crippen LogP contribution in [0, 0.1) is 0 Å². The highest BCUT2D eigenvalue weighted by atomic mass is 35.5. The number of rotatable bonds is 4. The maximum absolute atomic E-state index is 12.5. The Kier molecular flexibility index (Phi) is 5.00. The molecule has 128 valence electrons. The Balaban J connectivity index is 1.59. The van der Waals surface area contributed by atoms with Gasteiger partial charge in [-0.25, -0.2) is 9.97 Å². The van der Waals surface area contributed by atoms with Crippen LogP contribution in [0.2, 0.25) is 10.0 Å². The molecule has 4 rings (SSSR count). The van der Waals surface area contributed by atoms with Crippen molar-refractivity contribution in [2.45, 2.75) is 30.7 Å². The number of fused-ring (bicyclic) bond motifs is 3. The Labute approximate surface area is 163 Å². The predicted octanol–water partition coefficient (Wildman–Crippen LogP) is 5.85.